The Morgan fingerprint density at radius 2 is 1.96 bits per heavy atom. The Morgan fingerprint density at radius 1 is 1.21 bits per heavy atom. The Balaban J connectivity index is 1.76. The molecule has 0 aliphatic carbocycles. The number of carbonyl (C=O) groups excluding carboxylic acids is 1. The molecule has 2 rings (SSSR count). The van der Waals surface area contributed by atoms with Crippen LogP contribution in [0.2, 0.25) is 5.02 Å². The largest absolute Gasteiger partial charge is 0.481 e. The van der Waals surface area contributed by atoms with E-state index >= 15 is 0 Å². The summed E-state index contributed by atoms with van der Waals surface area (Å²) in [5, 5.41) is 3.61. The van der Waals surface area contributed by atoms with E-state index in [9.17, 15) is 4.79 Å². The van der Waals surface area contributed by atoms with E-state index in [1.54, 1.807) is 24.3 Å². The highest BCUT2D eigenvalue weighted by atomic mass is 35.5. The fourth-order valence-electron chi connectivity index (χ4n) is 2.49. The van der Waals surface area contributed by atoms with Crippen molar-refractivity contribution in [2.24, 2.45) is 0 Å². The van der Waals surface area contributed by atoms with Crippen molar-refractivity contribution in [3.63, 3.8) is 0 Å². The predicted octanol–water partition coefficient (Wildman–Crippen LogP) is 4.55. The molecule has 0 aliphatic rings. The first-order chi connectivity index (χ1) is 11.6. The van der Waals surface area contributed by atoms with Crippen molar-refractivity contribution < 1.29 is 9.53 Å². The van der Waals surface area contributed by atoms with Gasteiger partial charge in [0.05, 0.1) is 0 Å². The fraction of sp³-hybridized carbons (Fsp3) is 0.350. The molecule has 1 amide bonds. The SMILES string of the molecule is CC[C@@H](Oc1ccc(Cl)cc1)C(=O)NCCCc1cccc(C)c1. The molecule has 0 unspecified atom stereocenters. The second-order valence-corrected chi connectivity index (χ2v) is 6.29. The van der Waals surface area contributed by atoms with E-state index in [-0.39, 0.29) is 5.91 Å². The van der Waals surface area contributed by atoms with Gasteiger partial charge in [0.2, 0.25) is 0 Å². The van der Waals surface area contributed by atoms with Crippen LogP contribution in [-0.4, -0.2) is 18.6 Å². The zero-order valence-corrected chi connectivity index (χ0v) is 15.0. The number of benzene rings is 2. The van der Waals surface area contributed by atoms with Crippen LogP contribution in [0.1, 0.15) is 30.9 Å². The lowest BCUT2D eigenvalue weighted by molar-refractivity contribution is -0.128. The van der Waals surface area contributed by atoms with Crippen LogP contribution in [0.25, 0.3) is 0 Å². The lowest BCUT2D eigenvalue weighted by atomic mass is 10.1. The fourth-order valence-corrected chi connectivity index (χ4v) is 2.61. The van der Waals surface area contributed by atoms with Crippen LogP contribution in [-0.2, 0) is 11.2 Å². The average molecular weight is 346 g/mol. The smallest absolute Gasteiger partial charge is 0.261 e. The number of rotatable bonds is 8. The minimum Gasteiger partial charge on any atom is -0.481 e. The summed E-state index contributed by atoms with van der Waals surface area (Å²) in [6.07, 6.45) is 2.00. The van der Waals surface area contributed by atoms with Crippen molar-refractivity contribution in [2.75, 3.05) is 6.54 Å². The second kappa shape index (κ2) is 9.33. The summed E-state index contributed by atoms with van der Waals surface area (Å²) in [7, 11) is 0. The van der Waals surface area contributed by atoms with Crippen molar-refractivity contribution in [1.29, 1.82) is 0 Å². The van der Waals surface area contributed by atoms with Crippen LogP contribution >= 0.6 is 11.6 Å². The lowest BCUT2D eigenvalue weighted by Crippen LogP contribution is -2.38. The molecule has 0 radical (unpaired) electrons. The molecule has 128 valence electrons. The van der Waals surface area contributed by atoms with Gasteiger partial charge in [0.15, 0.2) is 6.10 Å². The van der Waals surface area contributed by atoms with Crippen LogP contribution in [0.15, 0.2) is 48.5 Å². The molecule has 2 aromatic carbocycles. The van der Waals surface area contributed by atoms with Gasteiger partial charge >= 0.3 is 0 Å². The van der Waals surface area contributed by atoms with E-state index in [1.807, 2.05) is 6.92 Å². The summed E-state index contributed by atoms with van der Waals surface area (Å²) in [5.74, 6) is 0.581. The van der Waals surface area contributed by atoms with Crippen LogP contribution in [0, 0.1) is 6.92 Å². The van der Waals surface area contributed by atoms with Gasteiger partial charge in [0, 0.05) is 11.6 Å². The molecule has 0 saturated heterocycles. The monoisotopic (exact) mass is 345 g/mol. The Bertz CT molecular complexity index is 655. The summed E-state index contributed by atoms with van der Waals surface area (Å²) in [4.78, 5) is 12.2. The highest BCUT2D eigenvalue weighted by molar-refractivity contribution is 6.30. The maximum atomic E-state index is 12.2. The van der Waals surface area contributed by atoms with Gasteiger partial charge in [0.25, 0.3) is 5.91 Å². The quantitative estimate of drug-likeness (QED) is 0.712. The Morgan fingerprint density at radius 3 is 2.62 bits per heavy atom. The summed E-state index contributed by atoms with van der Waals surface area (Å²) >= 11 is 5.85. The Labute approximate surface area is 149 Å². The Kier molecular flexibility index (Phi) is 7.13. The maximum Gasteiger partial charge on any atom is 0.261 e. The molecule has 1 N–H and O–H groups in total. The van der Waals surface area contributed by atoms with E-state index in [2.05, 4.69) is 36.5 Å². The first-order valence-corrected chi connectivity index (χ1v) is 8.71. The third-order valence-corrected chi connectivity index (χ3v) is 4.03. The molecule has 0 heterocycles. The summed E-state index contributed by atoms with van der Waals surface area (Å²) in [6, 6.07) is 15.5. The number of hydrogen-bond acceptors (Lipinski definition) is 2. The molecular formula is C20H24ClNO2. The van der Waals surface area contributed by atoms with E-state index in [4.69, 9.17) is 16.3 Å². The standard InChI is InChI=1S/C20H24ClNO2/c1-3-19(24-18-11-9-17(21)10-12-18)20(23)22-13-5-8-16-7-4-6-15(2)14-16/h4,6-7,9-12,14,19H,3,5,8,13H2,1-2H3,(H,22,23)/t19-/m1/s1. The van der Waals surface area contributed by atoms with Crippen molar-refractivity contribution in [3.8, 4) is 5.75 Å². The van der Waals surface area contributed by atoms with Crippen LogP contribution < -0.4 is 10.1 Å². The van der Waals surface area contributed by atoms with Crippen LogP contribution in [0.5, 0.6) is 5.75 Å². The number of hydrogen-bond donors (Lipinski definition) is 1. The number of carbonyl (C=O) groups is 1. The molecule has 3 nitrogen and oxygen atoms in total. The van der Waals surface area contributed by atoms with E-state index < -0.39 is 6.10 Å². The Hall–Kier alpha value is -2.00. The van der Waals surface area contributed by atoms with Crippen LogP contribution in [0.3, 0.4) is 0 Å². The topological polar surface area (TPSA) is 38.3 Å². The normalized spacial score (nSPS) is 11.8. The number of halogens is 1. The summed E-state index contributed by atoms with van der Waals surface area (Å²) in [6.45, 7) is 4.67. The number of aryl methyl sites for hydroxylation is 2. The highest BCUT2D eigenvalue weighted by Crippen LogP contribution is 2.17. The van der Waals surface area contributed by atoms with Gasteiger partial charge in [-0.05, 0) is 56.0 Å². The average Bonchev–Trinajstić information content (AvgIpc) is 2.58. The molecular weight excluding hydrogens is 322 g/mol. The van der Waals surface area contributed by atoms with Gasteiger partial charge in [-0.15, -0.1) is 0 Å². The first-order valence-electron chi connectivity index (χ1n) is 8.34. The van der Waals surface area contributed by atoms with Gasteiger partial charge < -0.3 is 10.1 Å². The number of ether oxygens (including phenoxy) is 1. The third-order valence-electron chi connectivity index (χ3n) is 3.78. The molecule has 0 fully saturated rings. The highest BCUT2D eigenvalue weighted by Gasteiger charge is 2.17. The van der Waals surface area contributed by atoms with E-state index in [0.717, 1.165) is 12.8 Å². The van der Waals surface area contributed by atoms with Gasteiger partial charge in [-0.3, -0.25) is 4.79 Å². The van der Waals surface area contributed by atoms with Crippen molar-refractivity contribution in [3.05, 3.63) is 64.7 Å². The summed E-state index contributed by atoms with van der Waals surface area (Å²) < 4.78 is 5.74. The molecule has 0 aromatic heterocycles. The molecule has 24 heavy (non-hydrogen) atoms. The third kappa shape index (κ3) is 5.89. The van der Waals surface area contributed by atoms with Crippen molar-refractivity contribution >= 4 is 17.5 Å². The summed E-state index contributed by atoms with van der Waals surface area (Å²) in [5.41, 5.74) is 2.56. The van der Waals surface area contributed by atoms with Crippen molar-refractivity contribution in [2.45, 2.75) is 39.2 Å². The lowest BCUT2D eigenvalue weighted by Gasteiger charge is -2.17. The molecule has 0 saturated carbocycles. The number of nitrogens with one attached hydrogen (secondary N) is 1. The second-order valence-electron chi connectivity index (χ2n) is 5.85. The van der Waals surface area contributed by atoms with Crippen molar-refractivity contribution in [1.82, 2.24) is 5.32 Å². The molecule has 0 aliphatic heterocycles. The molecule has 0 bridgehead atoms. The van der Waals surface area contributed by atoms with Crippen LogP contribution in [0.4, 0.5) is 0 Å². The zero-order chi connectivity index (χ0) is 17.4. The molecule has 0 spiro atoms. The van der Waals surface area contributed by atoms with E-state index in [0.29, 0.717) is 23.7 Å². The van der Waals surface area contributed by atoms with E-state index in [1.165, 1.54) is 11.1 Å². The minimum atomic E-state index is -0.481. The van der Waals surface area contributed by atoms with Gasteiger partial charge in [0.1, 0.15) is 5.75 Å². The minimum absolute atomic E-state index is 0.0725. The molecule has 1 atom stereocenters. The zero-order valence-electron chi connectivity index (χ0n) is 14.2. The van der Waals surface area contributed by atoms with Gasteiger partial charge in [-0.1, -0.05) is 48.4 Å². The molecule has 4 heteroatoms. The first kappa shape index (κ1) is 18.3. The van der Waals surface area contributed by atoms with Gasteiger partial charge in [-0.2, -0.15) is 0 Å². The number of amides is 1. The van der Waals surface area contributed by atoms with Gasteiger partial charge in [-0.25, -0.2) is 0 Å². The molecule has 2 aromatic rings. The maximum absolute atomic E-state index is 12.2. The predicted molar refractivity (Wildman–Crippen MR) is 98.7 cm³/mol.